The third-order valence-corrected chi connectivity index (χ3v) is 2.54. The van der Waals surface area contributed by atoms with Crippen molar-refractivity contribution in [1.29, 1.82) is 0 Å². The van der Waals surface area contributed by atoms with Crippen molar-refractivity contribution in [2.24, 2.45) is 0 Å². The maximum atomic E-state index is 12.6. The molecule has 0 aliphatic heterocycles. The minimum absolute atomic E-state index is 0.0713. The van der Waals surface area contributed by atoms with Crippen molar-refractivity contribution in [1.82, 2.24) is 9.97 Å². The maximum Gasteiger partial charge on any atom is 0.416 e. The van der Waals surface area contributed by atoms with E-state index in [4.69, 9.17) is 4.74 Å². The second kappa shape index (κ2) is 5.78. The lowest BCUT2D eigenvalue weighted by molar-refractivity contribution is -0.137. The molecule has 2 aromatic rings. The molecule has 2 rings (SSSR count). The molecule has 0 aliphatic rings. The quantitative estimate of drug-likeness (QED) is 0.946. The first-order chi connectivity index (χ1) is 9.91. The Morgan fingerprint density at radius 2 is 2.00 bits per heavy atom. The Bertz CT molecular complexity index is 659. The van der Waals surface area contributed by atoms with Crippen molar-refractivity contribution < 1.29 is 22.7 Å². The topological polar surface area (TPSA) is 64.1 Å². The van der Waals surface area contributed by atoms with Crippen LogP contribution in [0, 0.1) is 0 Å². The number of nitrogens with zero attached hydrogens (tertiary/aromatic N) is 2. The summed E-state index contributed by atoms with van der Waals surface area (Å²) in [6.07, 6.45) is -2.11. The summed E-state index contributed by atoms with van der Waals surface area (Å²) in [6.45, 7) is 0. The van der Waals surface area contributed by atoms with Crippen LogP contribution in [0.15, 0.2) is 36.7 Å². The van der Waals surface area contributed by atoms with Gasteiger partial charge in [0.15, 0.2) is 0 Å². The standard InChI is InChI=1S/C13H10F3N3O2/c1-21-12-9(3-2-5-18-12)11(20)19-10-7-8(4-6-17-10)13(14,15)16/h2-7H,1H3,(H,17,19,20). The summed E-state index contributed by atoms with van der Waals surface area (Å²) in [6, 6.07) is 4.52. The Balaban J connectivity index is 2.24. The molecule has 21 heavy (non-hydrogen) atoms. The van der Waals surface area contributed by atoms with E-state index in [2.05, 4.69) is 15.3 Å². The highest BCUT2D eigenvalue weighted by Crippen LogP contribution is 2.30. The molecule has 0 unspecified atom stereocenters. The number of hydrogen-bond donors (Lipinski definition) is 1. The average Bonchev–Trinajstić information content (AvgIpc) is 2.46. The van der Waals surface area contributed by atoms with Crippen molar-refractivity contribution in [3.05, 3.63) is 47.8 Å². The molecule has 8 heteroatoms. The zero-order chi connectivity index (χ0) is 15.5. The van der Waals surface area contributed by atoms with Crippen molar-refractivity contribution >= 4 is 11.7 Å². The number of rotatable bonds is 3. The lowest BCUT2D eigenvalue weighted by Crippen LogP contribution is -2.15. The van der Waals surface area contributed by atoms with Gasteiger partial charge in [-0.1, -0.05) is 0 Å². The summed E-state index contributed by atoms with van der Waals surface area (Å²) in [4.78, 5) is 19.5. The number of ether oxygens (including phenoxy) is 1. The summed E-state index contributed by atoms with van der Waals surface area (Å²) in [5, 5.41) is 2.28. The molecule has 110 valence electrons. The predicted octanol–water partition coefficient (Wildman–Crippen LogP) is 2.76. The molecule has 0 aliphatic carbocycles. The third kappa shape index (κ3) is 3.47. The number of amides is 1. The fourth-order valence-corrected chi connectivity index (χ4v) is 1.59. The molecule has 0 aromatic carbocycles. The van der Waals surface area contributed by atoms with Crippen LogP contribution in [0.25, 0.3) is 0 Å². The molecular weight excluding hydrogens is 287 g/mol. The van der Waals surface area contributed by atoms with E-state index in [1.807, 2.05) is 0 Å². The molecule has 5 nitrogen and oxygen atoms in total. The number of halogens is 3. The first-order valence-corrected chi connectivity index (χ1v) is 5.75. The molecule has 0 fully saturated rings. The Morgan fingerprint density at radius 3 is 2.67 bits per heavy atom. The zero-order valence-electron chi connectivity index (χ0n) is 10.8. The largest absolute Gasteiger partial charge is 0.480 e. The predicted molar refractivity (Wildman–Crippen MR) is 68.0 cm³/mol. The lowest BCUT2D eigenvalue weighted by Gasteiger charge is -2.10. The van der Waals surface area contributed by atoms with Gasteiger partial charge in [-0.3, -0.25) is 4.79 Å². The second-order valence-electron chi connectivity index (χ2n) is 3.94. The number of alkyl halides is 3. The van der Waals surface area contributed by atoms with Crippen LogP contribution in [0.3, 0.4) is 0 Å². The molecule has 0 atom stereocenters. The molecule has 0 radical (unpaired) electrons. The van der Waals surface area contributed by atoms with E-state index in [9.17, 15) is 18.0 Å². The molecular formula is C13H10F3N3O2. The van der Waals surface area contributed by atoms with Crippen molar-refractivity contribution in [3.63, 3.8) is 0 Å². The smallest absolute Gasteiger partial charge is 0.416 e. The van der Waals surface area contributed by atoms with Crippen LogP contribution in [0.1, 0.15) is 15.9 Å². The fourth-order valence-electron chi connectivity index (χ4n) is 1.59. The summed E-state index contributed by atoms with van der Waals surface area (Å²) in [5.41, 5.74) is -0.801. The molecule has 2 heterocycles. The van der Waals surface area contributed by atoms with E-state index in [-0.39, 0.29) is 17.3 Å². The van der Waals surface area contributed by atoms with Gasteiger partial charge in [0.05, 0.1) is 12.7 Å². The number of nitrogens with one attached hydrogen (secondary N) is 1. The normalized spacial score (nSPS) is 11.0. The van der Waals surface area contributed by atoms with Gasteiger partial charge >= 0.3 is 6.18 Å². The Kier molecular flexibility index (Phi) is 4.06. The van der Waals surface area contributed by atoms with Gasteiger partial charge in [-0.05, 0) is 24.3 Å². The minimum Gasteiger partial charge on any atom is -0.480 e. The highest BCUT2D eigenvalue weighted by molar-refractivity contribution is 6.05. The van der Waals surface area contributed by atoms with E-state index in [1.165, 1.54) is 25.4 Å². The van der Waals surface area contributed by atoms with Gasteiger partial charge in [-0.25, -0.2) is 9.97 Å². The number of anilines is 1. The van der Waals surface area contributed by atoms with E-state index < -0.39 is 17.6 Å². The molecule has 0 saturated carbocycles. The van der Waals surface area contributed by atoms with E-state index in [1.54, 1.807) is 0 Å². The molecule has 2 aromatic heterocycles. The summed E-state index contributed by atoms with van der Waals surface area (Å²) in [7, 11) is 1.33. The Hall–Kier alpha value is -2.64. The second-order valence-corrected chi connectivity index (χ2v) is 3.94. The highest BCUT2D eigenvalue weighted by atomic mass is 19.4. The van der Waals surface area contributed by atoms with E-state index in [0.717, 1.165) is 18.3 Å². The number of carbonyl (C=O) groups is 1. The van der Waals surface area contributed by atoms with Crippen molar-refractivity contribution in [2.75, 3.05) is 12.4 Å². The van der Waals surface area contributed by atoms with Crippen LogP contribution in [-0.4, -0.2) is 23.0 Å². The van der Waals surface area contributed by atoms with Gasteiger partial charge in [0, 0.05) is 12.4 Å². The molecule has 0 spiro atoms. The number of carbonyl (C=O) groups excluding carboxylic acids is 1. The first-order valence-electron chi connectivity index (χ1n) is 5.75. The van der Waals surface area contributed by atoms with Gasteiger partial charge in [0.25, 0.3) is 5.91 Å². The van der Waals surface area contributed by atoms with Gasteiger partial charge in [0.2, 0.25) is 5.88 Å². The summed E-state index contributed by atoms with van der Waals surface area (Å²) in [5.74, 6) is -0.797. The van der Waals surface area contributed by atoms with Gasteiger partial charge in [-0.2, -0.15) is 13.2 Å². The molecule has 1 amide bonds. The number of hydrogen-bond acceptors (Lipinski definition) is 4. The molecule has 0 saturated heterocycles. The number of methoxy groups -OCH3 is 1. The lowest BCUT2D eigenvalue weighted by atomic mass is 10.2. The Morgan fingerprint density at radius 1 is 1.24 bits per heavy atom. The monoisotopic (exact) mass is 297 g/mol. The summed E-state index contributed by atoms with van der Waals surface area (Å²) < 4.78 is 42.6. The van der Waals surface area contributed by atoms with Crippen LogP contribution < -0.4 is 10.1 Å². The summed E-state index contributed by atoms with van der Waals surface area (Å²) >= 11 is 0. The van der Waals surface area contributed by atoms with Crippen LogP contribution in [0.4, 0.5) is 19.0 Å². The number of aromatic nitrogens is 2. The van der Waals surface area contributed by atoms with Crippen molar-refractivity contribution in [2.45, 2.75) is 6.18 Å². The van der Waals surface area contributed by atoms with E-state index >= 15 is 0 Å². The van der Waals surface area contributed by atoms with E-state index in [0.29, 0.717) is 0 Å². The first kappa shape index (κ1) is 14.8. The SMILES string of the molecule is COc1ncccc1C(=O)Nc1cc(C(F)(F)F)ccn1. The average molecular weight is 297 g/mol. The van der Waals surface area contributed by atoms with Crippen LogP contribution in [-0.2, 0) is 6.18 Å². The minimum atomic E-state index is -4.51. The fraction of sp³-hybridized carbons (Fsp3) is 0.154. The van der Waals surface area contributed by atoms with Crippen molar-refractivity contribution in [3.8, 4) is 5.88 Å². The highest BCUT2D eigenvalue weighted by Gasteiger charge is 2.30. The van der Waals surface area contributed by atoms with Gasteiger partial charge in [-0.15, -0.1) is 0 Å². The molecule has 0 bridgehead atoms. The van der Waals surface area contributed by atoms with Crippen LogP contribution in [0.2, 0.25) is 0 Å². The Labute approximate surface area is 117 Å². The van der Waals surface area contributed by atoms with Crippen LogP contribution in [0.5, 0.6) is 5.88 Å². The van der Waals surface area contributed by atoms with Gasteiger partial charge in [0.1, 0.15) is 11.4 Å². The third-order valence-electron chi connectivity index (χ3n) is 2.54. The van der Waals surface area contributed by atoms with Gasteiger partial charge < -0.3 is 10.1 Å². The molecule has 1 N–H and O–H groups in total. The maximum absolute atomic E-state index is 12.6. The van der Waals surface area contributed by atoms with Crippen LogP contribution >= 0.6 is 0 Å². The zero-order valence-corrected chi connectivity index (χ0v) is 10.8. The number of pyridine rings is 2.